The van der Waals surface area contributed by atoms with Crippen LogP contribution in [-0.2, 0) is 14.1 Å². The van der Waals surface area contributed by atoms with E-state index in [4.69, 9.17) is 0 Å². The third-order valence-corrected chi connectivity index (χ3v) is 7.75. The van der Waals surface area contributed by atoms with Gasteiger partial charge in [0.15, 0.2) is 0 Å². The highest BCUT2D eigenvalue weighted by molar-refractivity contribution is 7.13. The van der Waals surface area contributed by atoms with Crippen LogP contribution in [0.1, 0.15) is 35.1 Å². The Morgan fingerprint density at radius 3 is 1.31 bits per heavy atom. The molecule has 2 aromatic heterocycles. The van der Waals surface area contributed by atoms with Crippen molar-refractivity contribution in [3.63, 3.8) is 0 Å². The van der Waals surface area contributed by atoms with Gasteiger partial charge in [0.1, 0.15) is 23.8 Å². The number of anilines is 2. The van der Waals surface area contributed by atoms with E-state index in [9.17, 15) is 0 Å². The average Bonchev–Trinajstić information content (AvgIpc) is 3.54. The number of nitrogens with zero attached hydrogens (tertiary/aromatic N) is 8. The molecule has 8 nitrogen and oxygen atoms in total. The van der Waals surface area contributed by atoms with Crippen molar-refractivity contribution in [3.8, 4) is 0 Å². The van der Waals surface area contributed by atoms with Crippen LogP contribution < -0.4 is 18.9 Å². The molecule has 0 bridgehead atoms. The summed E-state index contributed by atoms with van der Waals surface area (Å²) in [5.41, 5.74) is 4.13. The first-order chi connectivity index (χ1) is 18.1. The van der Waals surface area contributed by atoms with Gasteiger partial charge < -0.3 is 9.80 Å². The third kappa shape index (κ3) is 8.76. The van der Waals surface area contributed by atoms with Gasteiger partial charge in [-0.15, -0.1) is 0 Å². The van der Waals surface area contributed by atoms with Gasteiger partial charge in [-0.05, 0) is 102 Å². The molecule has 208 valence electrons. The molecular weight excluding hydrogens is 525 g/mol. The number of rotatable bonds is 12. The van der Waals surface area contributed by atoms with Crippen molar-refractivity contribution in [1.82, 2.24) is 0 Å². The Morgan fingerprint density at radius 1 is 0.615 bits per heavy atom. The van der Waals surface area contributed by atoms with E-state index in [-0.39, 0.29) is 14.9 Å². The number of hydrogen-bond donors (Lipinski definition) is 0. The normalized spacial score (nSPS) is 11.0. The monoisotopic (exact) mass is 566 g/mol. The van der Waals surface area contributed by atoms with E-state index in [1.807, 2.05) is 70.6 Å². The quantitative estimate of drug-likeness (QED) is 0.128. The largest absolute Gasteiger partial charge is 0.408 e. The summed E-state index contributed by atoms with van der Waals surface area (Å²) < 4.78 is 3.93. The van der Waals surface area contributed by atoms with Gasteiger partial charge in [-0.25, -0.2) is 9.13 Å². The Morgan fingerprint density at radius 2 is 1.00 bits per heavy atom. The zero-order chi connectivity index (χ0) is 26.0. The molecule has 0 fully saturated rings. The van der Waals surface area contributed by atoms with Crippen molar-refractivity contribution in [2.75, 3.05) is 36.0 Å². The zero-order valence-corrected chi connectivity index (χ0v) is 23.5. The lowest BCUT2D eigenvalue weighted by atomic mass is 10.2. The highest BCUT2D eigenvalue weighted by Gasteiger charge is 2.11. The van der Waals surface area contributed by atoms with Crippen molar-refractivity contribution in [3.05, 3.63) is 71.7 Å². The number of thiazole rings is 2. The molecule has 0 saturated carbocycles. The van der Waals surface area contributed by atoms with Crippen LogP contribution in [0.4, 0.5) is 33.0 Å². The Balaban J connectivity index is 0.00000267. The highest BCUT2D eigenvalue weighted by atomic mass is 32.1. The summed E-state index contributed by atoms with van der Waals surface area (Å²) in [5.74, 6) is 0. The van der Waals surface area contributed by atoms with Gasteiger partial charge in [-0.2, -0.15) is 0 Å². The number of azo groups is 2. The Labute approximate surface area is 241 Å². The molecule has 39 heavy (non-hydrogen) atoms. The maximum atomic E-state index is 4.38. The van der Waals surface area contributed by atoms with Gasteiger partial charge in [0.2, 0.25) is 0 Å². The standard InChI is InChI=1S/C27H34N8S2.2CH4/c1-5-34(24-12-8-22(9-13-24)28-30-26-32(3)18-20-36-26)16-7-17-35(6-2)25-14-10-23(11-15-25)29-31-27-33(4)19-21-37-27;;/h8-15,18-21H,5-7,16-17H2,1-4H3;2*1H4/q+2;;. The van der Waals surface area contributed by atoms with Crippen molar-refractivity contribution < 1.29 is 9.13 Å². The van der Waals surface area contributed by atoms with Crippen LogP contribution in [0.5, 0.6) is 0 Å². The molecule has 2 aromatic carbocycles. The lowest BCUT2D eigenvalue weighted by Gasteiger charge is -2.27. The van der Waals surface area contributed by atoms with Crippen LogP contribution in [0.2, 0.25) is 0 Å². The molecule has 0 unspecified atom stereocenters. The van der Waals surface area contributed by atoms with Crippen molar-refractivity contribution in [2.24, 2.45) is 34.6 Å². The van der Waals surface area contributed by atoms with E-state index >= 15 is 0 Å². The molecule has 0 atom stereocenters. The van der Waals surface area contributed by atoms with E-state index < -0.39 is 0 Å². The fourth-order valence-corrected chi connectivity index (χ4v) is 5.26. The molecule has 0 aliphatic rings. The molecule has 0 aliphatic carbocycles. The van der Waals surface area contributed by atoms with Crippen LogP contribution >= 0.6 is 22.7 Å². The second kappa shape index (κ2) is 15.8. The van der Waals surface area contributed by atoms with Crippen LogP contribution in [0.15, 0.2) is 92.1 Å². The van der Waals surface area contributed by atoms with Gasteiger partial charge in [0, 0.05) is 48.3 Å². The van der Waals surface area contributed by atoms with Gasteiger partial charge in [-0.1, -0.05) is 14.9 Å². The number of aromatic nitrogens is 2. The fraction of sp³-hybridized carbons (Fsp3) is 0.379. The highest BCUT2D eigenvalue weighted by Crippen LogP contribution is 2.24. The molecule has 4 rings (SSSR count). The van der Waals surface area contributed by atoms with E-state index in [1.165, 1.54) is 11.4 Å². The number of aryl methyl sites for hydroxylation is 2. The van der Waals surface area contributed by atoms with Gasteiger partial charge in [-0.3, -0.25) is 0 Å². The van der Waals surface area contributed by atoms with Crippen molar-refractivity contribution in [2.45, 2.75) is 35.1 Å². The SMILES string of the molecule is C.C.CCN(CCCN(CC)c1ccc(N=Nc2scc[n+]2C)cc1)c1ccc(N=Nc2scc[n+]2C)cc1. The first-order valence-corrected chi connectivity index (χ1v) is 14.2. The Bertz CT molecular complexity index is 1210. The molecule has 0 aliphatic heterocycles. The maximum Gasteiger partial charge on any atom is 0.408 e. The van der Waals surface area contributed by atoms with E-state index in [2.05, 4.69) is 68.4 Å². The van der Waals surface area contributed by atoms with E-state index in [1.54, 1.807) is 22.7 Å². The molecule has 0 saturated heterocycles. The van der Waals surface area contributed by atoms with Crippen molar-refractivity contribution in [1.29, 1.82) is 0 Å². The van der Waals surface area contributed by atoms with Gasteiger partial charge >= 0.3 is 10.3 Å². The van der Waals surface area contributed by atoms with Crippen LogP contribution in [-0.4, -0.2) is 26.2 Å². The second-order valence-electron chi connectivity index (χ2n) is 8.54. The summed E-state index contributed by atoms with van der Waals surface area (Å²) in [6.07, 6.45) is 5.03. The molecule has 10 heteroatoms. The van der Waals surface area contributed by atoms with E-state index in [0.29, 0.717) is 0 Å². The summed E-state index contributed by atoms with van der Waals surface area (Å²) >= 11 is 3.15. The minimum Gasteiger partial charge on any atom is -0.372 e. The fourth-order valence-electron chi connectivity index (χ4n) is 3.90. The van der Waals surface area contributed by atoms with E-state index in [0.717, 1.165) is 54.2 Å². The number of hydrogen-bond acceptors (Lipinski definition) is 8. The second-order valence-corrected chi connectivity index (χ2v) is 10.3. The predicted octanol–water partition coefficient (Wildman–Crippen LogP) is 8.30. The summed E-state index contributed by atoms with van der Waals surface area (Å²) in [7, 11) is 3.95. The minimum absolute atomic E-state index is 0. The lowest BCUT2D eigenvalue weighted by Crippen LogP contribution is -2.30. The summed E-state index contributed by atoms with van der Waals surface area (Å²) in [6.45, 7) is 8.29. The molecule has 0 N–H and O–H groups in total. The molecule has 0 radical (unpaired) electrons. The first kappa shape index (κ1) is 31.7. The molecule has 0 amide bonds. The first-order valence-electron chi connectivity index (χ1n) is 12.5. The predicted molar refractivity (Wildman–Crippen MR) is 166 cm³/mol. The van der Waals surface area contributed by atoms with Crippen LogP contribution in [0.25, 0.3) is 0 Å². The topological polar surface area (TPSA) is 63.7 Å². The average molecular weight is 567 g/mol. The molecular formula is C29H42N8S2+2. The maximum absolute atomic E-state index is 4.38. The third-order valence-electron chi connectivity index (χ3n) is 6.07. The van der Waals surface area contributed by atoms with Gasteiger partial charge in [0.25, 0.3) is 0 Å². The molecule has 2 heterocycles. The van der Waals surface area contributed by atoms with Crippen LogP contribution in [0, 0.1) is 0 Å². The number of benzene rings is 2. The summed E-state index contributed by atoms with van der Waals surface area (Å²) in [5, 5.41) is 23.2. The van der Waals surface area contributed by atoms with Crippen LogP contribution in [0.3, 0.4) is 0 Å². The summed E-state index contributed by atoms with van der Waals surface area (Å²) in [6, 6.07) is 16.7. The smallest absolute Gasteiger partial charge is 0.372 e. The molecule has 0 spiro atoms. The Hall–Kier alpha value is -3.50. The zero-order valence-electron chi connectivity index (χ0n) is 21.9. The summed E-state index contributed by atoms with van der Waals surface area (Å²) in [4.78, 5) is 4.81. The van der Waals surface area contributed by atoms with Crippen molar-refractivity contribution >= 4 is 55.7 Å². The van der Waals surface area contributed by atoms with Gasteiger partial charge in [0.05, 0.1) is 24.3 Å². The molecule has 4 aromatic rings. The lowest BCUT2D eigenvalue weighted by molar-refractivity contribution is -0.654. The minimum atomic E-state index is 0. The Kier molecular flexibility index (Phi) is 12.9.